The molecule has 0 bridgehead atoms. The lowest BCUT2D eigenvalue weighted by Crippen LogP contribution is -2.41. The summed E-state index contributed by atoms with van der Waals surface area (Å²) in [6.45, 7) is 1.96. The fraction of sp³-hybridized carbons (Fsp3) is 0.316. The molecule has 22 heavy (non-hydrogen) atoms. The largest absolute Gasteiger partial charge is 0.356 e. The van der Waals surface area contributed by atoms with E-state index in [1.807, 2.05) is 7.05 Å². The van der Waals surface area contributed by atoms with Gasteiger partial charge in [0.05, 0.1) is 0 Å². The smallest absolute Gasteiger partial charge is 0.198 e. The Morgan fingerprint density at radius 3 is 2.68 bits per heavy atom. The van der Waals surface area contributed by atoms with E-state index >= 15 is 0 Å². The zero-order valence-corrected chi connectivity index (χ0v) is 13.1. The van der Waals surface area contributed by atoms with Gasteiger partial charge in [-0.3, -0.25) is 4.99 Å². The number of nitrogens with one attached hydrogen (secondary N) is 1. The van der Waals surface area contributed by atoms with Gasteiger partial charge in [0.2, 0.25) is 0 Å². The molecule has 3 heteroatoms. The summed E-state index contributed by atoms with van der Waals surface area (Å²) in [5, 5.41) is 3.50. The molecule has 0 fully saturated rings. The number of fused-ring (bicyclic) bond motifs is 1. The van der Waals surface area contributed by atoms with Crippen molar-refractivity contribution in [1.29, 1.82) is 0 Å². The van der Waals surface area contributed by atoms with Crippen LogP contribution in [0.5, 0.6) is 0 Å². The Bertz CT molecular complexity index is 634. The van der Waals surface area contributed by atoms with Gasteiger partial charge in [0.1, 0.15) is 0 Å². The highest BCUT2D eigenvalue weighted by Crippen LogP contribution is 2.27. The number of hydrogen-bond acceptors (Lipinski definition) is 1. The third-order valence-electron chi connectivity index (χ3n) is 4.12. The number of guanidine groups is 1. The second-order valence-electron chi connectivity index (χ2n) is 5.59. The Morgan fingerprint density at radius 1 is 1.09 bits per heavy atom. The van der Waals surface area contributed by atoms with Crippen molar-refractivity contribution < 1.29 is 0 Å². The molecule has 0 atom stereocenters. The van der Waals surface area contributed by atoms with Gasteiger partial charge in [-0.1, -0.05) is 48.5 Å². The molecule has 0 amide bonds. The van der Waals surface area contributed by atoms with Crippen molar-refractivity contribution in [3.63, 3.8) is 0 Å². The zero-order valence-electron chi connectivity index (χ0n) is 13.1. The van der Waals surface area contributed by atoms with Gasteiger partial charge in [-0.25, -0.2) is 0 Å². The van der Waals surface area contributed by atoms with Gasteiger partial charge in [0.15, 0.2) is 5.96 Å². The van der Waals surface area contributed by atoms with Crippen LogP contribution in [0.4, 0.5) is 5.69 Å². The van der Waals surface area contributed by atoms with E-state index in [2.05, 4.69) is 69.8 Å². The molecule has 3 rings (SSSR count). The van der Waals surface area contributed by atoms with E-state index in [1.165, 1.54) is 16.8 Å². The molecular weight excluding hydrogens is 270 g/mol. The minimum Gasteiger partial charge on any atom is -0.356 e. The standard InChI is InChI=1S/C19H23N3/c1-20-19(21-14-7-10-16-8-3-2-4-9-16)22-15-13-17-11-5-6-12-18(17)22/h2-6,8-9,11-12H,7,10,13-15H2,1H3,(H,20,21). The van der Waals surface area contributed by atoms with E-state index in [0.717, 1.165) is 38.3 Å². The molecular formula is C19H23N3. The van der Waals surface area contributed by atoms with Gasteiger partial charge in [-0.05, 0) is 36.5 Å². The van der Waals surface area contributed by atoms with Crippen molar-refractivity contribution in [3.05, 3.63) is 65.7 Å². The van der Waals surface area contributed by atoms with Crippen LogP contribution in [0.25, 0.3) is 0 Å². The van der Waals surface area contributed by atoms with Gasteiger partial charge in [0, 0.05) is 25.8 Å². The van der Waals surface area contributed by atoms with Crippen LogP contribution in [0.1, 0.15) is 17.5 Å². The molecule has 1 aliphatic heterocycles. The third-order valence-corrected chi connectivity index (χ3v) is 4.12. The highest BCUT2D eigenvalue weighted by Gasteiger charge is 2.21. The molecule has 2 aromatic carbocycles. The van der Waals surface area contributed by atoms with E-state index in [-0.39, 0.29) is 0 Å². The predicted molar refractivity (Wildman–Crippen MR) is 93.6 cm³/mol. The molecule has 0 saturated carbocycles. The van der Waals surface area contributed by atoms with Gasteiger partial charge < -0.3 is 10.2 Å². The van der Waals surface area contributed by atoms with Crippen LogP contribution in [-0.2, 0) is 12.8 Å². The average Bonchev–Trinajstić information content (AvgIpc) is 3.00. The summed E-state index contributed by atoms with van der Waals surface area (Å²) in [4.78, 5) is 6.73. The highest BCUT2D eigenvalue weighted by molar-refractivity contribution is 5.97. The summed E-state index contributed by atoms with van der Waals surface area (Å²) in [6, 6.07) is 19.2. The third kappa shape index (κ3) is 3.30. The fourth-order valence-electron chi connectivity index (χ4n) is 2.99. The SMILES string of the molecule is CN=C(NCCCc1ccccc1)N1CCc2ccccc21. The molecule has 0 saturated heterocycles. The van der Waals surface area contributed by atoms with Crippen LogP contribution in [0.3, 0.4) is 0 Å². The maximum Gasteiger partial charge on any atom is 0.198 e. The van der Waals surface area contributed by atoms with E-state index in [1.54, 1.807) is 0 Å². The Labute approximate surface area is 132 Å². The lowest BCUT2D eigenvalue weighted by Gasteiger charge is -2.22. The molecule has 1 aliphatic rings. The normalized spacial score (nSPS) is 14.0. The number of anilines is 1. The first-order valence-electron chi connectivity index (χ1n) is 7.98. The number of nitrogens with zero attached hydrogens (tertiary/aromatic N) is 2. The molecule has 2 aromatic rings. The first-order valence-corrected chi connectivity index (χ1v) is 7.98. The lowest BCUT2D eigenvalue weighted by molar-refractivity contribution is 0.761. The molecule has 0 aromatic heterocycles. The van der Waals surface area contributed by atoms with E-state index in [4.69, 9.17) is 0 Å². The average molecular weight is 293 g/mol. The Hall–Kier alpha value is -2.29. The van der Waals surface area contributed by atoms with Gasteiger partial charge in [-0.2, -0.15) is 0 Å². The Morgan fingerprint density at radius 2 is 1.86 bits per heavy atom. The van der Waals surface area contributed by atoms with Crippen LogP contribution >= 0.6 is 0 Å². The molecule has 1 N–H and O–H groups in total. The molecule has 0 spiro atoms. The molecule has 3 nitrogen and oxygen atoms in total. The lowest BCUT2D eigenvalue weighted by atomic mass is 10.1. The molecule has 0 radical (unpaired) electrons. The van der Waals surface area contributed by atoms with E-state index in [0.29, 0.717) is 0 Å². The zero-order chi connectivity index (χ0) is 15.2. The summed E-state index contributed by atoms with van der Waals surface area (Å²) in [5.74, 6) is 0.984. The minimum absolute atomic E-state index is 0.945. The van der Waals surface area contributed by atoms with Gasteiger partial charge in [0.25, 0.3) is 0 Å². The first kappa shape index (κ1) is 14.6. The quantitative estimate of drug-likeness (QED) is 0.532. The topological polar surface area (TPSA) is 27.6 Å². The van der Waals surface area contributed by atoms with Crippen molar-refractivity contribution in [2.75, 3.05) is 25.0 Å². The summed E-state index contributed by atoms with van der Waals surface area (Å²) in [7, 11) is 1.86. The molecule has 0 aliphatic carbocycles. The number of aryl methyl sites for hydroxylation is 1. The van der Waals surface area contributed by atoms with Crippen molar-refractivity contribution >= 4 is 11.6 Å². The number of benzene rings is 2. The van der Waals surface area contributed by atoms with Crippen LogP contribution in [0.15, 0.2) is 59.6 Å². The summed E-state index contributed by atoms with van der Waals surface area (Å²) < 4.78 is 0. The van der Waals surface area contributed by atoms with Crippen LogP contribution in [0.2, 0.25) is 0 Å². The van der Waals surface area contributed by atoms with E-state index in [9.17, 15) is 0 Å². The fourth-order valence-corrected chi connectivity index (χ4v) is 2.99. The van der Waals surface area contributed by atoms with Crippen LogP contribution < -0.4 is 10.2 Å². The van der Waals surface area contributed by atoms with Gasteiger partial charge in [-0.15, -0.1) is 0 Å². The van der Waals surface area contributed by atoms with Gasteiger partial charge >= 0.3 is 0 Å². The maximum atomic E-state index is 4.44. The number of hydrogen-bond donors (Lipinski definition) is 1. The number of rotatable bonds is 4. The first-order chi connectivity index (χ1) is 10.9. The van der Waals surface area contributed by atoms with Crippen molar-refractivity contribution in [2.24, 2.45) is 4.99 Å². The van der Waals surface area contributed by atoms with Crippen molar-refractivity contribution in [3.8, 4) is 0 Å². The summed E-state index contributed by atoms with van der Waals surface area (Å²) in [5.41, 5.74) is 4.10. The van der Waals surface area contributed by atoms with E-state index < -0.39 is 0 Å². The highest BCUT2D eigenvalue weighted by atomic mass is 15.3. The second-order valence-corrected chi connectivity index (χ2v) is 5.59. The monoisotopic (exact) mass is 293 g/mol. The number of aliphatic imine (C=N–C) groups is 1. The maximum absolute atomic E-state index is 4.44. The second kappa shape index (κ2) is 7.12. The Balaban J connectivity index is 1.53. The summed E-state index contributed by atoms with van der Waals surface area (Å²) >= 11 is 0. The number of para-hydroxylation sites is 1. The van der Waals surface area contributed by atoms with Crippen LogP contribution in [-0.4, -0.2) is 26.1 Å². The molecule has 0 unspecified atom stereocenters. The molecule has 1 heterocycles. The van der Waals surface area contributed by atoms with Crippen molar-refractivity contribution in [2.45, 2.75) is 19.3 Å². The van der Waals surface area contributed by atoms with Crippen LogP contribution in [0, 0.1) is 0 Å². The minimum atomic E-state index is 0.945. The molecule has 114 valence electrons. The predicted octanol–water partition coefficient (Wildman–Crippen LogP) is 3.26. The summed E-state index contributed by atoms with van der Waals surface area (Å²) in [6.07, 6.45) is 3.31. The van der Waals surface area contributed by atoms with Crippen molar-refractivity contribution in [1.82, 2.24) is 5.32 Å². The Kier molecular flexibility index (Phi) is 4.74.